The van der Waals surface area contributed by atoms with Crippen LogP contribution in [-0.2, 0) is 12.7 Å². The van der Waals surface area contributed by atoms with E-state index >= 15 is 0 Å². The molecule has 1 aliphatic rings. The van der Waals surface area contributed by atoms with E-state index in [0.717, 1.165) is 42.9 Å². The van der Waals surface area contributed by atoms with Gasteiger partial charge in [0.2, 0.25) is 0 Å². The normalized spacial score (nSPS) is 15.6. The summed E-state index contributed by atoms with van der Waals surface area (Å²) in [7, 11) is 1.54. The number of halogens is 3. The van der Waals surface area contributed by atoms with E-state index in [0.29, 0.717) is 23.8 Å². The quantitative estimate of drug-likeness (QED) is 0.305. The van der Waals surface area contributed by atoms with Gasteiger partial charge in [-0.1, -0.05) is 54.6 Å². The minimum atomic E-state index is -4.47. The first-order valence-electron chi connectivity index (χ1n) is 11.5. The van der Waals surface area contributed by atoms with Gasteiger partial charge in [0.1, 0.15) is 5.76 Å². The number of hydrogen-bond donors (Lipinski definition) is 0. The Balaban J connectivity index is 1.43. The lowest BCUT2D eigenvalue weighted by atomic mass is 9.89. The van der Waals surface area contributed by atoms with Gasteiger partial charge in [-0.05, 0) is 61.2 Å². The highest BCUT2D eigenvalue weighted by atomic mass is 19.4. The standard InChI is InChI=1S/C28H26F3NO2/c1-33-25-12-11-21(18-32-15-13-20(14-16-32)19-7-3-2-4-8-19)23-17-26(34-27(23)25)22-9-5-6-10-24(22)28(29,30)31/h2-12,17,20H,13-16,18H2,1H3. The van der Waals surface area contributed by atoms with E-state index in [4.69, 9.17) is 9.15 Å². The van der Waals surface area contributed by atoms with Gasteiger partial charge < -0.3 is 9.15 Å². The maximum atomic E-state index is 13.6. The molecule has 2 heterocycles. The molecule has 1 aliphatic heterocycles. The number of nitrogens with zero attached hydrogens (tertiary/aromatic N) is 1. The summed E-state index contributed by atoms with van der Waals surface area (Å²) in [6.45, 7) is 2.64. The van der Waals surface area contributed by atoms with Crippen LogP contribution in [0.15, 0.2) is 77.2 Å². The smallest absolute Gasteiger partial charge is 0.417 e. The summed E-state index contributed by atoms with van der Waals surface area (Å²) >= 11 is 0. The van der Waals surface area contributed by atoms with Crippen molar-refractivity contribution in [3.8, 4) is 17.1 Å². The van der Waals surface area contributed by atoms with Crippen LogP contribution >= 0.6 is 0 Å². The molecule has 3 aromatic carbocycles. The third-order valence-electron chi connectivity index (χ3n) is 6.71. The second-order valence-electron chi connectivity index (χ2n) is 8.78. The van der Waals surface area contributed by atoms with Gasteiger partial charge in [-0.25, -0.2) is 0 Å². The largest absolute Gasteiger partial charge is 0.493 e. The van der Waals surface area contributed by atoms with E-state index in [-0.39, 0.29) is 11.3 Å². The van der Waals surface area contributed by atoms with Gasteiger partial charge in [0.25, 0.3) is 0 Å². The van der Waals surface area contributed by atoms with Crippen molar-refractivity contribution in [2.75, 3.05) is 20.2 Å². The zero-order valence-corrected chi connectivity index (χ0v) is 18.9. The summed E-state index contributed by atoms with van der Waals surface area (Å²) in [6.07, 6.45) is -2.30. The van der Waals surface area contributed by atoms with Gasteiger partial charge in [0.05, 0.1) is 12.7 Å². The molecular formula is C28H26F3NO2. The van der Waals surface area contributed by atoms with Gasteiger partial charge in [0, 0.05) is 17.5 Å². The molecule has 176 valence electrons. The Labute approximate surface area is 196 Å². The first kappa shape index (κ1) is 22.5. The van der Waals surface area contributed by atoms with E-state index in [9.17, 15) is 13.2 Å². The Kier molecular flexibility index (Phi) is 6.09. The molecule has 4 aromatic rings. The zero-order valence-electron chi connectivity index (χ0n) is 18.9. The average molecular weight is 466 g/mol. The van der Waals surface area contributed by atoms with Crippen LogP contribution < -0.4 is 4.74 Å². The van der Waals surface area contributed by atoms with E-state index in [1.54, 1.807) is 12.1 Å². The molecule has 0 N–H and O–H groups in total. The number of piperidine rings is 1. The van der Waals surface area contributed by atoms with Gasteiger partial charge in [-0.15, -0.1) is 0 Å². The first-order chi connectivity index (χ1) is 16.4. The molecule has 5 rings (SSSR count). The maximum absolute atomic E-state index is 13.6. The molecule has 1 saturated heterocycles. The number of hydrogen-bond acceptors (Lipinski definition) is 3. The first-order valence-corrected chi connectivity index (χ1v) is 11.5. The third-order valence-corrected chi connectivity index (χ3v) is 6.71. The molecule has 1 fully saturated rings. The van der Waals surface area contributed by atoms with Crippen LogP contribution in [0.4, 0.5) is 13.2 Å². The van der Waals surface area contributed by atoms with Crippen LogP contribution in [0.3, 0.4) is 0 Å². The zero-order chi connectivity index (χ0) is 23.7. The molecule has 0 atom stereocenters. The van der Waals surface area contributed by atoms with Crippen molar-refractivity contribution in [3.63, 3.8) is 0 Å². The number of fused-ring (bicyclic) bond motifs is 1. The van der Waals surface area contributed by atoms with Crippen LogP contribution in [0.25, 0.3) is 22.3 Å². The Morgan fingerprint density at radius 3 is 2.35 bits per heavy atom. The number of methoxy groups -OCH3 is 1. The highest BCUT2D eigenvalue weighted by molar-refractivity contribution is 5.90. The molecular weight excluding hydrogens is 439 g/mol. The van der Waals surface area contributed by atoms with Crippen LogP contribution in [-0.4, -0.2) is 25.1 Å². The van der Waals surface area contributed by atoms with Crippen molar-refractivity contribution >= 4 is 11.0 Å². The molecule has 0 saturated carbocycles. The van der Waals surface area contributed by atoms with Crippen LogP contribution in [0.2, 0.25) is 0 Å². The molecule has 6 heteroatoms. The third kappa shape index (κ3) is 4.42. The molecule has 0 unspecified atom stereocenters. The highest BCUT2D eigenvalue weighted by Crippen LogP contribution is 2.41. The number of ether oxygens (including phenoxy) is 1. The van der Waals surface area contributed by atoms with Crippen LogP contribution in [0, 0.1) is 0 Å². The fourth-order valence-corrected chi connectivity index (χ4v) is 4.92. The van der Waals surface area contributed by atoms with Gasteiger partial charge in [0.15, 0.2) is 11.3 Å². The van der Waals surface area contributed by atoms with E-state index in [2.05, 4.69) is 29.2 Å². The predicted molar refractivity (Wildman–Crippen MR) is 127 cm³/mol. The second kappa shape index (κ2) is 9.18. The van der Waals surface area contributed by atoms with Crippen molar-refractivity contribution in [2.45, 2.75) is 31.5 Å². The lowest BCUT2D eigenvalue weighted by Gasteiger charge is -2.32. The van der Waals surface area contributed by atoms with Crippen molar-refractivity contribution in [3.05, 3.63) is 89.5 Å². The van der Waals surface area contributed by atoms with Gasteiger partial charge in [-0.2, -0.15) is 13.2 Å². The fourth-order valence-electron chi connectivity index (χ4n) is 4.92. The molecule has 0 bridgehead atoms. The summed E-state index contributed by atoms with van der Waals surface area (Å²) in [5, 5.41) is 0.788. The minimum absolute atomic E-state index is 0.0304. The Hall–Kier alpha value is -3.25. The lowest BCUT2D eigenvalue weighted by Crippen LogP contribution is -2.32. The van der Waals surface area contributed by atoms with E-state index < -0.39 is 11.7 Å². The van der Waals surface area contributed by atoms with Crippen LogP contribution in [0.5, 0.6) is 5.75 Å². The number of rotatable bonds is 5. The van der Waals surface area contributed by atoms with E-state index in [1.807, 2.05) is 18.2 Å². The number of alkyl halides is 3. The molecule has 3 nitrogen and oxygen atoms in total. The van der Waals surface area contributed by atoms with E-state index in [1.165, 1.54) is 24.8 Å². The topological polar surface area (TPSA) is 25.6 Å². The minimum Gasteiger partial charge on any atom is -0.493 e. The fraction of sp³-hybridized carbons (Fsp3) is 0.286. The van der Waals surface area contributed by atoms with Crippen LogP contribution in [0.1, 0.15) is 35.4 Å². The summed E-state index contributed by atoms with van der Waals surface area (Å²) < 4.78 is 52.2. The molecule has 0 aliphatic carbocycles. The summed E-state index contributed by atoms with van der Waals surface area (Å²) in [5.74, 6) is 1.27. The lowest BCUT2D eigenvalue weighted by molar-refractivity contribution is -0.137. The average Bonchev–Trinajstić information content (AvgIpc) is 3.31. The molecule has 0 spiro atoms. The van der Waals surface area contributed by atoms with Gasteiger partial charge in [-0.3, -0.25) is 4.90 Å². The highest BCUT2D eigenvalue weighted by Gasteiger charge is 2.34. The summed E-state index contributed by atoms with van der Waals surface area (Å²) in [5.41, 5.74) is 2.21. The number of likely N-dealkylation sites (tertiary alicyclic amines) is 1. The monoisotopic (exact) mass is 465 g/mol. The molecule has 0 radical (unpaired) electrons. The number of furan rings is 1. The Morgan fingerprint density at radius 2 is 1.65 bits per heavy atom. The van der Waals surface area contributed by atoms with Crippen molar-refractivity contribution in [1.82, 2.24) is 4.90 Å². The van der Waals surface area contributed by atoms with Crippen molar-refractivity contribution < 1.29 is 22.3 Å². The Morgan fingerprint density at radius 1 is 0.941 bits per heavy atom. The van der Waals surface area contributed by atoms with Crippen molar-refractivity contribution in [2.24, 2.45) is 0 Å². The molecule has 34 heavy (non-hydrogen) atoms. The molecule has 1 aromatic heterocycles. The van der Waals surface area contributed by atoms with Crippen molar-refractivity contribution in [1.29, 1.82) is 0 Å². The summed E-state index contributed by atoms with van der Waals surface area (Å²) in [6, 6.07) is 21.6. The Bertz CT molecular complexity index is 1270. The maximum Gasteiger partial charge on any atom is 0.417 e. The SMILES string of the molecule is COc1ccc(CN2CCC(c3ccccc3)CC2)c2cc(-c3ccccc3C(F)(F)F)oc12. The predicted octanol–water partition coefficient (Wildman–Crippen LogP) is 7.51. The second-order valence-corrected chi connectivity index (χ2v) is 8.78. The summed E-state index contributed by atoms with van der Waals surface area (Å²) in [4.78, 5) is 2.40. The number of benzene rings is 3. The van der Waals surface area contributed by atoms with Gasteiger partial charge >= 0.3 is 6.18 Å². The molecule has 0 amide bonds.